The van der Waals surface area contributed by atoms with Gasteiger partial charge in [0, 0.05) is 31.6 Å². The van der Waals surface area contributed by atoms with Gasteiger partial charge in [-0.15, -0.1) is 0 Å². The highest BCUT2D eigenvalue weighted by Crippen LogP contribution is 2.20. The minimum atomic E-state index is -0.511. The van der Waals surface area contributed by atoms with Crippen molar-refractivity contribution in [2.45, 2.75) is 25.4 Å². The van der Waals surface area contributed by atoms with E-state index in [0.717, 1.165) is 0 Å². The Labute approximate surface area is 133 Å². The predicted octanol–water partition coefficient (Wildman–Crippen LogP) is 1.73. The van der Waals surface area contributed by atoms with E-state index in [1.54, 1.807) is 18.1 Å². The van der Waals surface area contributed by atoms with Crippen LogP contribution in [0.3, 0.4) is 0 Å². The Balaban J connectivity index is 2.11. The van der Waals surface area contributed by atoms with Crippen LogP contribution in [-0.2, 0) is 20.9 Å². The van der Waals surface area contributed by atoms with Gasteiger partial charge in [-0.1, -0.05) is 17.7 Å². The lowest BCUT2D eigenvalue weighted by molar-refractivity contribution is -0.135. The number of methoxy groups -OCH3 is 1. The molecule has 1 fully saturated rings. The lowest BCUT2D eigenvalue weighted by atomic mass is 10.1. The maximum atomic E-state index is 13.1. The Morgan fingerprint density at radius 1 is 1.55 bits per heavy atom. The average Bonchev–Trinajstić information content (AvgIpc) is 2.91. The van der Waals surface area contributed by atoms with E-state index >= 15 is 0 Å². The molecule has 1 atom stereocenters. The molecule has 22 heavy (non-hydrogen) atoms. The number of hydrogen-bond donors (Lipinski definition) is 1. The molecule has 1 saturated heterocycles. The summed E-state index contributed by atoms with van der Waals surface area (Å²) in [7, 11) is 1.55. The molecule has 0 aliphatic carbocycles. The maximum absolute atomic E-state index is 13.1. The van der Waals surface area contributed by atoms with Crippen molar-refractivity contribution in [3.8, 4) is 0 Å². The molecule has 1 unspecified atom stereocenters. The summed E-state index contributed by atoms with van der Waals surface area (Å²) in [5.41, 5.74) is 0.650. The van der Waals surface area contributed by atoms with Crippen LogP contribution in [0.2, 0.25) is 5.02 Å². The SMILES string of the molecule is COCCN(Cc1ccc(F)cc1Cl)C(=O)C1CCC(=O)N1. The predicted molar refractivity (Wildman–Crippen MR) is 79.9 cm³/mol. The van der Waals surface area contributed by atoms with Crippen LogP contribution in [0.4, 0.5) is 4.39 Å². The zero-order chi connectivity index (χ0) is 16.1. The lowest BCUT2D eigenvalue weighted by Crippen LogP contribution is -2.45. The second kappa shape index (κ2) is 7.56. The van der Waals surface area contributed by atoms with Crippen LogP contribution in [0.1, 0.15) is 18.4 Å². The number of ether oxygens (including phenoxy) is 1. The van der Waals surface area contributed by atoms with Crippen LogP contribution >= 0.6 is 11.6 Å². The van der Waals surface area contributed by atoms with Gasteiger partial charge in [-0.05, 0) is 24.1 Å². The second-order valence-corrected chi connectivity index (χ2v) is 5.55. The number of halogens is 2. The first-order chi connectivity index (χ1) is 10.5. The number of nitrogens with one attached hydrogen (secondary N) is 1. The number of carbonyl (C=O) groups is 2. The molecule has 1 N–H and O–H groups in total. The molecule has 1 aliphatic heterocycles. The third kappa shape index (κ3) is 4.18. The third-order valence-corrected chi connectivity index (χ3v) is 3.90. The highest BCUT2D eigenvalue weighted by molar-refractivity contribution is 6.31. The van der Waals surface area contributed by atoms with Crippen molar-refractivity contribution in [2.75, 3.05) is 20.3 Å². The van der Waals surface area contributed by atoms with Crippen molar-refractivity contribution in [2.24, 2.45) is 0 Å². The van der Waals surface area contributed by atoms with Crippen molar-refractivity contribution >= 4 is 23.4 Å². The number of amides is 2. The van der Waals surface area contributed by atoms with Crippen LogP contribution in [0.5, 0.6) is 0 Å². The summed E-state index contributed by atoms with van der Waals surface area (Å²) in [5, 5.41) is 2.93. The zero-order valence-electron chi connectivity index (χ0n) is 12.3. The molecule has 1 aromatic rings. The fourth-order valence-corrected chi connectivity index (χ4v) is 2.57. The van der Waals surface area contributed by atoms with Crippen LogP contribution in [0, 0.1) is 5.82 Å². The van der Waals surface area contributed by atoms with Crippen molar-refractivity contribution in [1.29, 1.82) is 0 Å². The molecule has 1 aliphatic rings. The van der Waals surface area contributed by atoms with Gasteiger partial charge in [-0.25, -0.2) is 4.39 Å². The van der Waals surface area contributed by atoms with E-state index in [1.807, 2.05) is 0 Å². The summed E-state index contributed by atoms with van der Waals surface area (Å²) in [6.45, 7) is 0.980. The number of rotatable bonds is 6. The van der Waals surface area contributed by atoms with Gasteiger partial charge >= 0.3 is 0 Å². The largest absolute Gasteiger partial charge is 0.383 e. The molecule has 0 bridgehead atoms. The molecule has 1 heterocycles. The van der Waals surface area contributed by atoms with E-state index in [2.05, 4.69) is 5.32 Å². The van der Waals surface area contributed by atoms with Gasteiger partial charge in [0.2, 0.25) is 11.8 Å². The van der Waals surface area contributed by atoms with Gasteiger partial charge < -0.3 is 15.0 Å². The minimum absolute atomic E-state index is 0.121. The summed E-state index contributed by atoms with van der Waals surface area (Å²) in [4.78, 5) is 25.4. The molecule has 0 spiro atoms. The van der Waals surface area contributed by atoms with Gasteiger partial charge in [0.15, 0.2) is 0 Å². The number of carbonyl (C=O) groups excluding carboxylic acids is 2. The van der Waals surface area contributed by atoms with Gasteiger partial charge in [-0.3, -0.25) is 9.59 Å². The molecule has 0 saturated carbocycles. The maximum Gasteiger partial charge on any atom is 0.245 e. The Hall–Kier alpha value is -1.66. The topological polar surface area (TPSA) is 58.6 Å². The Bertz CT molecular complexity index is 568. The van der Waals surface area contributed by atoms with E-state index in [1.165, 1.54) is 12.1 Å². The van der Waals surface area contributed by atoms with Crippen molar-refractivity contribution < 1.29 is 18.7 Å². The van der Waals surface area contributed by atoms with Crippen LogP contribution < -0.4 is 5.32 Å². The smallest absolute Gasteiger partial charge is 0.245 e. The van der Waals surface area contributed by atoms with Gasteiger partial charge in [0.1, 0.15) is 11.9 Å². The first-order valence-electron chi connectivity index (χ1n) is 7.02. The first-order valence-corrected chi connectivity index (χ1v) is 7.40. The average molecular weight is 329 g/mol. The number of benzene rings is 1. The van der Waals surface area contributed by atoms with E-state index in [9.17, 15) is 14.0 Å². The van der Waals surface area contributed by atoms with Gasteiger partial charge in [0.05, 0.1) is 6.61 Å². The summed E-state index contributed by atoms with van der Waals surface area (Å²) >= 11 is 6.02. The van der Waals surface area contributed by atoms with Crippen molar-refractivity contribution in [3.05, 3.63) is 34.6 Å². The van der Waals surface area contributed by atoms with E-state index in [-0.39, 0.29) is 23.4 Å². The molecule has 0 radical (unpaired) electrons. The zero-order valence-corrected chi connectivity index (χ0v) is 13.0. The Morgan fingerprint density at radius 3 is 2.91 bits per heavy atom. The fraction of sp³-hybridized carbons (Fsp3) is 0.467. The highest BCUT2D eigenvalue weighted by atomic mass is 35.5. The number of hydrogen-bond acceptors (Lipinski definition) is 3. The third-order valence-electron chi connectivity index (χ3n) is 3.55. The van der Waals surface area contributed by atoms with E-state index < -0.39 is 11.9 Å². The van der Waals surface area contributed by atoms with E-state index in [4.69, 9.17) is 16.3 Å². The Morgan fingerprint density at radius 2 is 2.32 bits per heavy atom. The molecule has 1 aromatic carbocycles. The normalized spacial score (nSPS) is 17.4. The summed E-state index contributed by atoms with van der Waals surface area (Å²) < 4.78 is 18.1. The van der Waals surface area contributed by atoms with Gasteiger partial charge in [0.25, 0.3) is 0 Å². The lowest BCUT2D eigenvalue weighted by Gasteiger charge is -2.26. The second-order valence-electron chi connectivity index (χ2n) is 5.15. The monoisotopic (exact) mass is 328 g/mol. The van der Waals surface area contributed by atoms with E-state index in [0.29, 0.717) is 31.6 Å². The van der Waals surface area contributed by atoms with Crippen LogP contribution in [0.25, 0.3) is 0 Å². The molecule has 120 valence electrons. The molecule has 5 nitrogen and oxygen atoms in total. The molecular weight excluding hydrogens is 311 g/mol. The van der Waals surface area contributed by atoms with Crippen LogP contribution in [-0.4, -0.2) is 43.0 Å². The van der Waals surface area contributed by atoms with Gasteiger partial charge in [-0.2, -0.15) is 0 Å². The summed E-state index contributed by atoms with van der Waals surface area (Å²) in [6.07, 6.45) is 0.837. The Kier molecular flexibility index (Phi) is 5.74. The quantitative estimate of drug-likeness (QED) is 0.865. The minimum Gasteiger partial charge on any atom is -0.383 e. The van der Waals surface area contributed by atoms with Crippen molar-refractivity contribution in [3.63, 3.8) is 0 Å². The summed E-state index contributed by atoms with van der Waals surface area (Å²) in [5.74, 6) is -0.722. The highest BCUT2D eigenvalue weighted by Gasteiger charge is 2.30. The number of nitrogens with zero attached hydrogens (tertiary/aromatic N) is 1. The molecule has 7 heteroatoms. The molecule has 0 aromatic heterocycles. The summed E-state index contributed by atoms with van der Waals surface area (Å²) in [6, 6.07) is 3.56. The first kappa shape index (κ1) is 16.7. The standard InChI is InChI=1S/C15H18ClFN2O3/c1-22-7-6-19(15(21)13-4-5-14(20)18-13)9-10-2-3-11(17)8-12(10)16/h2-3,8,13H,4-7,9H2,1H3,(H,18,20). The molecule has 2 rings (SSSR count). The fourth-order valence-electron chi connectivity index (χ4n) is 2.34. The van der Waals surface area contributed by atoms with Crippen molar-refractivity contribution in [1.82, 2.24) is 10.2 Å². The molecule has 2 amide bonds. The molecular formula is C15H18ClFN2O3. The van der Waals surface area contributed by atoms with Crippen LogP contribution in [0.15, 0.2) is 18.2 Å².